The van der Waals surface area contributed by atoms with Crippen molar-refractivity contribution in [3.8, 4) is 0 Å². The summed E-state index contributed by atoms with van der Waals surface area (Å²) in [5.41, 5.74) is 6.47. The minimum absolute atomic E-state index is 0.221. The fraction of sp³-hybridized carbons (Fsp3) is 0.455. The van der Waals surface area contributed by atoms with Crippen LogP contribution < -0.4 is 10.6 Å². The Kier molecular flexibility index (Phi) is 2.94. The summed E-state index contributed by atoms with van der Waals surface area (Å²) in [6.07, 6.45) is 3.02. The molecule has 3 N–H and O–H groups in total. The van der Waals surface area contributed by atoms with Crippen LogP contribution in [0.25, 0.3) is 0 Å². The first-order valence-electron chi connectivity index (χ1n) is 5.36. The number of nitrogens with two attached hydrogens (primary N) is 1. The summed E-state index contributed by atoms with van der Waals surface area (Å²) in [5.74, 6) is -0.152. The third-order valence-corrected chi connectivity index (χ3v) is 2.96. The lowest BCUT2D eigenvalue weighted by molar-refractivity contribution is -0.142. The second-order valence-corrected chi connectivity index (χ2v) is 4.02. The highest BCUT2D eigenvalue weighted by atomic mass is 16.4. The monoisotopic (exact) mass is 221 g/mol. The van der Waals surface area contributed by atoms with Crippen molar-refractivity contribution in [3.63, 3.8) is 0 Å². The van der Waals surface area contributed by atoms with E-state index < -0.39 is 5.97 Å². The Hall–Kier alpha value is -1.78. The zero-order chi connectivity index (χ0) is 11.5. The molecule has 1 saturated heterocycles. The van der Waals surface area contributed by atoms with Crippen molar-refractivity contribution >= 4 is 17.5 Å². The van der Waals surface area contributed by atoms with Gasteiger partial charge in [-0.25, -0.2) is 4.98 Å². The molecule has 0 spiro atoms. The number of piperidine rings is 1. The van der Waals surface area contributed by atoms with Gasteiger partial charge >= 0.3 is 5.97 Å². The molecule has 0 amide bonds. The summed E-state index contributed by atoms with van der Waals surface area (Å²) in [4.78, 5) is 17.1. The SMILES string of the molecule is Nc1cccnc1N1CCC(C(=O)O)CC1. The van der Waals surface area contributed by atoms with Crippen molar-refractivity contribution in [2.75, 3.05) is 23.7 Å². The minimum atomic E-state index is -0.700. The second-order valence-electron chi connectivity index (χ2n) is 4.02. The maximum atomic E-state index is 10.8. The predicted molar refractivity (Wildman–Crippen MR) is 61.2 cm³/mol. The molecule has 5 nitrogen and oxygen atoms in total. The van der Waals surface area contributed by atoms with Crippen molar-refractivity contribution in [3.05, 3.63) is 18.3 Å². The third-order valence-electron chi connectivity index (χ3n) is 2.96. The van der Waals surface area contributed by atoms with Gasteiger partial charge in [0.1, 0.15) is 0 Å². The molecule has 0 atom stereocenters. The van der Waals surface area contributed by atoms with E-state index in [1.165, 1.54) is 0 Å². The molecule has 16 heavy (non-hydrogen) atoms. The number of pyridine rings is 1. The number of nitrogen functional groups attached to an aromatic ring is 1. The molecule has 2 rings (SSSR count). The van der Waals surface area contributed by atoms with Gasteiger partial charge in [-0.2, -0.15) is 0 Å². The number of carboxylic acid groups (broad SMARTS) is 1. The van der Waals surface area contributed by atoms with Gasteiger partial charge in [-0.05, 0) is 25.0 Å². The Morgan fingerprint density at radius 2 is 2.19 bits per heavy atom. The van der Waals surface area contributed by atoms with Crippen molar-refractivity contribution in [2.45, 2.75) is 12.8 Å². The first-order valence-corrected chi connectivity index (χ1v) is 5.36. The standard InChI is InChI=1S/C11H15N3O2/c12-9-2-1-5-13-10(9)14-6-3-8(4-7-14)11(15)16/h1-2,5,8H,3-4,6-7,12H2,(H,15,16). The van der Waals surface area contributed by atoms with Gasteiger partial charge in [0, 0.05) is 19.3 Å². The van der Waals surface area contributed by atoms with E-state index in [4.69, 9.17) is 10.8 Å². The quantitative estimate of drug-likeness (QED) is 0.777. The van der Waals surface area contributed by atoms with Crippen LogP contribution in [-0.2, 0) is 4.79 Å². The van der Waals surface area contributed by atoms with Crippen LogP contribution >= 0.6 is 0 Å². The summed E-state index contributed by atoms with van der Waals surface area (Å²) in [7, 11) is 0. The van der Waals surface area contributed by atoms with Gasteiger partial charge in [0.15, 0.2) is 5.82 Å². The predicted octanol–water partition coefficient (Wildman–Crippen LogP) is 0.965. The fourth-order valence-electron chi connectivity index (χ4n) is 2.01. The first-order chi connectivity index (χ1) is 7.68. The molecular formula is C11H15N3O2. The molecular weight excluding hydrogens is 206 g/mol. The summed E-state index contributed by atoms with van der Waals surface area (Å²) in [5, 5.41) is 8.89. The van der Waals surface area contributed by atoms with Gasteiger partial charge in [0.05, 0.1) is 11.6 Å². The number of hydrogen-bond acceptors (Lipinski definition) is 4. The summed E-state index contributed by atoms with van der Waals surface area (Å²) in [6, 6.07) is 3.61. The number of hydrogen-bond donors (Lipinski definition) is 2. The van der Waals surface area contributed by atoms with E-state index in [1.54, 1.807) is 12.3 Å². The molecule has 5 heteroatoms. The number of carbonyl (C=O) groups is 1. The van der Waals surface area contributed by atoms with E-state index in [9.17, 15) is 4.79 Å². The average molecular weight is 221 g/mol. The number of aromatic nitrogens is 1. The Balaban J connectivity index is 2.05. The zero-order valence-corrected chi connectivity index (χ0v) is 8.97. The largest absolute Gasteiger partial charge is 0.481 e. The Labute approximate surface area is 93.9 Å². The van der Waals surface area contributed by atoms with E-state index in [2.05, 4.69) is 9.88 Å². The molecule has 0 radical (unpaired) electrons. The summed E-state index contributed by atoms with van der Waals surface area (Å²) < 4.78 is 0. The van der Waals surface area contributed by atoms with Gasteiger partial charge in [-0.1, -0.05) is 0 Å². The van der Waals surface area contributed by atoms with Gasteiger partial charge < -0.3 is 15.7 Å². The van der Waals surface area contributed by atoms with Crippen molar-refractivity contribution in [1.29, 1.82) is 0 Å². The van der Waals surface area contributed by atoms with E-state index in [0.29, 0.717) is 31.6 Å². The number of aliphatic carboxylic acids is 1. The Bertz CT molecular complexity index is 387. The van der Waals surface area contributed by atoms with Crippen LogP contribution in [0, 0.1) is 5.92 Å². The van der Waals surface area contributed by atoms with Gasteiger partial charge in [0.2, 0.25) is 0 Å². The lowest BCUT2D eigenvalue weighted by Crippen LogP contribution is -2.37. The lowest BCUT2D eigenvalue weighted by Gasteiger charge is -2.31. The molecule has 0 aliphatic carbocycles. The van der Waals surface area contributed by atoms with E-state index in [1.807, 2.05) is 6.07 Å². The van der Waals surface area contributed by atoms with E-state index >= 15 is 0 Å². The molecule has 0 unspecified atom stereocenters. The number of anilines is 2. The topological polar surface area (TPSA) is 79.5 Å². The van der Waals surface area contributed by atoms with Crippen LogP contribution in [0.2, 0.25) is 0 Å². The molecule has 2 heterocycles. The van der Waals surface area contributed by atoms with Crippen LogP contribution in [0.3, 0.4) is 0 Å². The normalized spacial score (nSPS) is 17.4. The molecule has 1 aliphatic rings. The van der Waals surface area contributed by atoms with Crippen LogP contribution in [0.15, 0.2) is 18.3 Å². The van der Waals surface area contributed by atoms with E-state index in [0.717, 1.165) is 5.82 Å². The van der Waals surface area contributed by atoms with Gasteiger partial charge in [0.25, 0.3) is 0 Å². The highest BCUT2D eigenvalue weighted by Gasteiger charge is 2.25. The Morgan fingerprint density at radius 1 is 1.50 bits per heavy atom. The van der Waals surface area contributed by atoms with Gasteiger partial charge in [-0.15, -0.1) is 0 Å². The Morgan fingerprint density at radius 3 is 2.75 bits per heavy atom. The number of rotatable bonds is 2. The van der Waals surface area contributed by atoms with Crippen molar-refractivity contribution in [1.82, 2.24) is 4.98 Å². The van der Waals surface area contributed by atoms with Crippen molar-refractivity contribution < 1.29 is 9.90 Å². The molecule has 1 aliphatic heterocycles. The molecule has 0 saturated carbocycles. The highest BCUT2D eigenvalue weighted by molar-refractivity contribution is 5.71. The molecule has 1 aromatic heterocycles. The molecule has 1 aromatic rings. The molecule has 0 aromatic carbocycles. The second kappa shape index (κ2) is 4.38. The number of carboxylic acids is 1. The summed E-state index contributed by atoms with van der Waals surface area (Å²) in [6.45, 7) is 1.41. The molecule has 86 valence electrons. The van der Waals surface area contributed by atoms with Crippen LogP contribution in [0.1, 0.15) is 12.8 Å². The van der Waals surface area contributed by atoms with Crippen LogP contribution in [0.4, 0.5) is 11.5 Å². The maximum absolute atomic E-state index is 10.8. The first kappa shape index (κ1) is 10.7. The molecule has 0 bridgehead atoms. The van der Waals surface area contributed by atoms with Crippen molar-refractivity contribution in [2.24, 2.45) is 5.92 Å². The fourth-order valence-corrected chi connectivity index (χ4v) is 2.01. The summed E-state index contributed by atoms with van der Waals surface area (Å²) >= 11 is 0. The maximum Gasteiger partial charge on any atom is 0.306 e. The highest BCUT2D eigenvalue weighted by Crippen LogP contribution is 2.25. The van der Waals surface area contributed by atoms with Gasteiger partial charge in [-0.3, -0.25) is 4.79 Å². The smallest absolute Gasteiger partial charge is 0.306 e. The van der Waals surface area contributed by atoms with Crippen LogP contribution in [-0.4, -0.2) is 29.1 Å². The number of nitrogens with zero attached hydrogens (tertiary/aromatic N) is 2. The average Bonchev–Trinajstić information content (AvgIpc) is 2.30. The molecule has 1 fully saturated rings. The lowest BCUT2D eigenvalue weighted by atomic mass is 9.97. The van der Waals surface area contributed by atoms with Crippen LogP contribution in [0.5, 0.6) is 0 Å². The minimum Gasteiger partial charge on any atom is -0.481 e. The third kappa shape index (κ3) is 2.08. The zero-order valence-electron chi connectivity index (χ0n) is 8.97. The van der Waals surface area contributed by atoms with E-state index in [-0.39, 0.29) is 5.92 Å².